The van der Waals surface area contributed by atoms with Gasteiger partial charge in [-0.25, -0.2) is 4.98 Å². The van der Waals surface area contributed by atoms with Crippen molar-refractivity contribution in [2.24, 2.45) is 4.99 Å². The van der Waals surface area contributed by atoms with Crippen molar-refractivity contribution in [2.75, 3.05) is 20.2 Å². The summed E-state index contributed by atoms with van der Waals surface area (Å²) in [5, 5.41) is 13.4. The number of aliphatic imine (C=N–C) groups is 1. The highest BCUT2D eigenvalue weighted by molar-refractivity contribution is 14.0. The van der Waals surface area contributed by atoms with E-state index in [1.165, 1.54) is 6.33 Å². The van der Waals surface area contributed by atoms with Crippen molar-refractivity contribution in [3.63, 3.8) is 0 Å². The first-order valence-electron chi connectivity index (χ1n) is 8.84. The molecule has 0 amide bonds. The van der Waals surface area contributed by atoms with Gasteiger partial charge in [0.15, 0.2) is 11.8 Å². The molecule has 0 aliphatic heterocycles. The molecule has 0 fully saturated rings. The molecule has 0 bridgehead atoms. The van der Waals surface area contributed by atoms with Crippen LogP contribution in [-0.2, 0) is 17.9 Å². The predicted octanol–water partition coefficient (Wildman–Crippen LogP) is 2.95. The Balaban J connectivity index is 0.00000280. The zero-order valence-corrected chi connectivity index (χ0v) is 18.1. The van der Waals surface area contributed by atoms with Gasteiger partial charge in [-0.2, -0.15) is 5.10 Å². The maximum Gasteiger partial charge on any atom is 0.191 e. The summed E-state index contributed by atoms with van der Waals surface area (Å²) in [6.07, 6.45) is 4.03. The zero-order chi connectivity index (χ0) is 18.7. The number of nitrogens with zero attached hydrogens (tertiary/aromatic N) is 3. The maximum atomic E-state index is 5.56. The quantitative estimate of drug-likeness (QED) is 0.182. The highest BCUT2D eigenvalue weighted by Crippen LogP contribution is 2.15. The molecule has 0 saturated heterocycles. The summed E-state index contributed by atoms with van der Waals surface area (Å²) in [6.45, 7) is 2.60. The second-order valence-electron chi connectivity index (χ2n) is 5.87. The number of guanidine groups is 1. The molecule has 0 saturated carbocycles. The van der Waals surface area contributed by atoms with Crippen LogP contribution in [0.5, 0.6) is 0 Å². The summed E-state index contributed by atoms with van der Waals surface area (Å²) in [6, 6.07) is 11.9. The molecule has 150 valence electrons. The van der Waals surface area contributed by atoms with Gasteiger partial charge in [0, 0.05) is 32.3 Å². The Kier molecular flexibility index (Phi) is 9.49. The maximum absolute atomic E-state index is 5.56. The van der Waals surface area contributed by atoms with E-state index in [1.54, 1.807) is 13.3 Å². The summed E-state index contributed by atoms with van der Waals surface area (Å²) in [5.74, 6) is 2.35. The Morgan fingerprint density at radius 3 is 2.93 bits per heavy atom. The summed E-state index contributed by atoms with van der Waals surface area (Å²) in [7, 11) is 1.76. The van der Waals surface area contributed by atoms with Gasteiger partial charge in [-0.3, -0.25) is 10.1 Å². The van der Waals surface area contributed by atoms with E-state index in [0.29, 0.717) is 19.8 Å². The molecular weight excluding hydrogens is 471 g/mol. The molecule has 0 spiro atoms. The number of halogens is 1. The lowest BCUT2D eigenvalue weighted by Crippen LogP contribution is -2.37. The van der Waals surface area contributed by atoms with E-state index in [2.05, 4.69) is 42.9 Å². The molecule has 2 heterocycles. The molecule has 1 aromatic carbocycles. The van der Waals surface area contributed by atoms with Gasteiger partial charge in [0.1, 0.15) is 18.7 Å². The summed E-state index contributed by atoms with van der Waals surface area (Å²) in [5.41, 5.74) is 2.14. The van der Waals surface area contributed by atoms with Gasteiger partial charge in [0.05, 0.1) is 6.26 Å². The highest BCUT2D eigenvalue weighted by atomic mass is 127. The number of hydrogen-bond donors (Lipinski definition) is 3. The fourth-order valence-electron chi connectivity index (χ4n) is 2.53. The first kappa shape index (κ1) is 21.9. The van der Waals surface area contributed by atoms with Crippen LogP contribution in [0.25, 0.3) is 11.4 Å². The standard InChI is InChI=1S/C19H24N6O2.HI/c1-20-19(21-8-4-9-26-13-17-7-3-10-27-17)22-12-15-5-2-6-16(11-15)18-23-14-24-25-18;/h2-3,5-7,10-11,14H,4,8-9,12-13H2,1H3,(H2,20,21,22)(H,23,24,25);1H. The van der Waals surface area contributed by atoms with Gasteiger partial charge in [-0.15, -0.1) is 24.0 Å². The molecule has 8 nitrogen and oxygen atoms in total. The molecule has 0 aliphatic rings. The van der Waals surface area contributed by atoms with Gasteiger partial charge in [-0.1, -0.05) is 18.2 Å². The van der Waals surface area contributed by atoms with Gasteiger partial charge < -0.3 is 19.8 Å². The van der Waals surface area contributed by atoms with E-state index in [1.807, 2.05) is 24.3 Å². The fourth-order valence-corrected chi connectivity index (χ4v) is 2.53. The third-order valence-electron chi connectivity index (χ3n) is 3.88. The number of H-pyrrole nitrogens is 1. The number of ether oxygens (including phenoxy) is 1. The second-order valence-corrected chi connectivity index (χ2v) is 5.87. The number of benzene rings is 1. The normalized spacial score (nSPS) is 11.1. The van der Waals surface area contributed by atoms with E-state index in [-0.39, 0.29) is 24.0 Å². The van der Waals surface area contributed by atoms with Gasteiger partial charge in [0.25, 0.3) is 0 Å². The molecule has 0 radical (unpaired) electrons. The number of rotatable bonds is 9. The SMILES string of the molecule is CN=C(NCCCOCc1ccco1)NCc1cccc(-c2ncn[nH]2)c1.I. The second kappa shape index (κ2) is 12.1. The van der Waals surface area contributed by atoms with Crippen molar-refractivity contribution in [1.29, 1.82) is 0 Å². The van der Waals surface area contributed by atoms with Crippen molar-refractivity contribution in [2.45, 2.75) is 19.6 Å². The van der Waals surface area contributed by atoms with E-state index in [4.69, 9.17) is 9.15 Å². The minimum atomic E-state index is 0. The van der Waals surface area contributed by atoms with E-state index in [9.17, 15) is 0 Å². The minimum Gasteiger partial charge on any atom is -0.467 e. The van der Waals surface area contributed by atoms with Crippen LogP contribution >= 0.6 is 24.0 Å². The molecule has 0 aliphatic carbocycles. The van der Waals surface area contributed by atoms with Gasteiger partial charge >= 0.3 is 0 Å². The van der Waals surface area contributed by atoms with E-state index < -0.39 is 0 Å². The van der Waals surface area contributed by atoms with Crippen LogP contribution in [0.15, 0.2) is 58.4 Å². The fraction of sp³-hybridized carbons (Fsp3) is 0.316. The van der Waals surface area contributed by atoms with Crippen molar-refractivity contribution < 1.29 is 9.15 Å². The summed E-state index contributed by atoms with van der Waals surface area (Å²) >= 11 is 0. The summed E-state index contributed by atoms with van der Waals surface area (Å²) in [4.78, 5) is 8.42. The van der Waals surface area contributed by atoms with Crippen LogP contribution in [0.2, 0.25) is 0 Å². The number of furan rings is 1. The Bertz CT molecular complexity index is 821. The Labute approximate surface area is 181 Å². The average molecular weight is 496 g/mol. The number of hydrogen-bond acceptors (Lipinski definition) is 5. The lowest BCUT2D eigenvalue weighted by atomic mass is 10.1. The van der Waals surface area contributed by atoms with Gasteiger partial charge in [0.2, 0.25) is 0 Å². The first-order chi connectivity index (χ1) is 13.3. The van der Waals surface area contributed by atoms with Crippen LogP contribution in [0.4, 0.5) is 0 Å². The predicted molar refractivity (Wildman–Crippen MR) is 118 cm³/mol. The van der Waals surface area contributed by atoms with Crippen molar-refractivity contribution >= 4 is 29.9 Å². The largest absolute Gasteiger partial charge is 0.467 e. The molecule has 3 rings (SSSR count). The monoisotopic (exact) mass is 496 g/mol. The molecule has 3 aromatic rings. The van der Waals surface area contributed by atoms with Gasteiger partial charge in [-0.05, 0) is 30.2 Å². The average Bonchev–Trinajstić information content (AvgIpc) is 3.41. The van der Waals surface area contributed by atoms with E-state index in [0.717, 1.165) is 41.6 Å². The Hall–Kier alpha value is -2.40. The third-order valence-corrected chi connectivity index (χ3v) is 3.88. The van der Waals surface area contributed by atoms with Crippen LogP contribution in [0.3, 0.4) is 0 Å². The Morgan fingerprint density at radius 2 is 2.18 bits per heavy atom. The number of aromatic nitrogens is 3. The number of aromatic amines is 1. The smallest absolute Gasteiger partial charge is 0.191 e. The first-order valence-corrected chi connectivity index (χ1v) is 8.84. The lowest BCUT2D eigenvalue weighted by Gasteiger charge is -2.12. The molecule has 0 unspecified atom stereocenters. The topological polar surface area (TPSA) is 100 Å². The van der Waals surface area contributed by atoms with Crippen molar-refractivity contribution in [3.05, 3.63) is 60.3 Å². The number of nitrogens with one attached hydrogen (secondary N) is 3. The van der Waals surface area contributed by atoms with Crippen LogP contribution in [0.1, 0.15) is 17.7 Å². The molecule has 9 heteroatoms. The molecule has 2 aromatic heterocycles. The third kappa shape index (κ3) is 6.97. The zero-order valence-electron chi connectivity index (χ0n) is 15.7. The van der Waals surface area contributed by atoms with Crippen LogP contribution < -0.4 is 10.6 Å². The molecule has 0 atom stereocenters. The molecular formula is C19H25IN6O2. The van der Waals surface area contributed by atoms with Crippen LogP contribution in [0, 0.1) is 0 Å². The molecule has 28 heavy (non-hydrogen) atoms. The van der Waals surface area contributed by atoms with Crippen molar-refractivity contribution in [1.82, 2.24) is 25.8 Å². The highest BCUT2D eigenvalue weighted by Gasteiger charge is 2.03. The van der Waals surface area contributed by atoms with E-state index >= 15 is 0 Å². The minimum absolute atomic E-state index is 0. The molecule has 3 N–H and O–H groups in total. The lowest BCUT2D eigenvalue weighted by molar-refractivity contribution is 0.105. The summed E-state index contributed by atoms with van der Waals surface area (Å²) < 4.78 is 10.8. The van der Waals surface area contributed by atoms with Crippen molar-refractivity contribution in [3.8, 4) is 11.4 Å². The Morgan fingerprint density at radius 1 is 1.25 bits per heavy atom. The van der Waals surface area contributed by atoms with Crippen LogP contribution in [-0.4, -0.2) is 41.3 Å².